The number of carboxylic acid groups (broad SMARTS) is 3. The van der Waals surface area contributed by atoms with Crippen molar-refractivity contribution in [1.82, 2.24) is 16.0 Å². The van der Waals surface area contributed by atoms with Crippen molar-refractivity contribution < 1.29 is 44.1 Å². The predicted octanol–water partition coefficient (Wildman–Crippen LogP) is -2.71. The smallest absolute Gasteiger partial charge is 0.326 e. The molecule has 37 heavy (non-hydrogen) atoms. The molecule has 4 unspecified atom stereocenters. The molecule has 0 saturated carbocycles. The Bertz CT molecular complexity index is 859. The van der Waals surface area contributed by atoms with Crippen LogP contribution in [0.3, 0.4) is 0 Å². The Labute approximate surface area is 213 Å². The Hall–Kier alpha value is -3.95. The van der Waals surface area contributed by atoms with E-state index in [1.807, 2.05) is 19.2 Å². The number of hydrogen-bond donors (Lipinski definition) is 9. The maximum Gasteiger partial charge on any atom is 0.326 e. The molecule has 0 spiro atoms. The van der Waals surface area contributed by atoms with Crippen LogP contribution in [-0.4, -0.2) is 87.6 Å². The first-order chi connectivity index (χ1) is 17.1. The third-order valence-electron chi connectivity index (χ3n) is 4.91. The van der Waals surface area contributed by atoms with Crippen molar-refractivity contribution in [2.24, 2.45) is 28.1 Å². The highest BCUT2D eigenvalue weighted by Gasteiger charge is 2.31. The van der Waals surface area contributed by atoms with Gasteiger partial charge in [-0.3, -0.25) is 29.0 Å². The van der Waals surface area contributed by atoms with Crippen LogP contribution in [0, 0.1) is 5.92 Å². The summed E-state index contributed by atoms with van der Waals surface area (Å²) in [4.78, 5) is 75.3. The van der Waals surface area contributed by atoms with E-state index in [4.69, 9.17) is 22.3 Å². The van der Waals surface area contributed by atoms with Crippen molar-refractivity contribution in [1.29, 1.82) is 0 Å². The van der Waals surface area contributed by atoms with E-state index in [1.165, 1.54) is 0 Å². The molecule has 0 aromatic carbocycles. The van der Waals surface area contributed by atoms with Crippen LogP contribution in [0.15, 0.2) is 4.99 Å². The molecule has 0 aliphatic rings. The number of nitrogens with two attached hydrogens (primary N) is 3. The summed E-state index contributed by atoms with van der Waals surface area (Å²) in [5.74, 6) is -7.14. The third-order valence-corrected chi connectivity index (χ3v) is 4.91. The Morgan fingerprint density at radius 3 is 1.81 bits per heavy atom. The Morgan fingerprint density at radius 1 is 0.784 bits per heavy atom. The van der Waals surface area contributed by atoms with Gasteiger partial charge >= 0.3 is 17.9 Å². The van der Waals surface area contributed by atoms with Gasteiger partial charge in [0.2, 0.25) is 17.7 Å². The van der Waals surface area contributed by atoms with Gasteiger partial charge in [0.05, 0.1) is 12.5 Å². The van der Waals surface area contributed by atoms with E-state index >= 15 is 0 Å². The molecule has 3 amide bonds. The number of guanidine groups is 1. The first-order valence-electron chi connectivity index (χ1n) is 11.5. The first-order valence-corrected chi connectivity index (χ1v) is 11.5. The van der Waals surface area contributed by atoms with Crippen LogP contribution >= 0.6 is 0 Å². The molecular weight excluding hydrogens is 494 g/mol. The fourth-order valence-electron chi connectivity index (χ4n) is 3.12. The van der Waals surface area contributed by atoms with E-state index in [0.717, 1.165) is 0 Å². The first kappa shape index (κ1) is 33.0. The SMILES string of the molecule is CC(C)CC(N)C(=O)NC(CCCN=C(N)N)C(=O)NC(CC(=O)O)C(=O)NC(CCC(=O)O)C(=O)O. The molecule has 0 aliphatic heterocycles. The number of carbonyl (C=O) groups excluding carboxylic acids is 3. The monoisotopic (exact) mass is 531 g/mol. The predicted molar refractivity (Wildman–Crippen MR) is 130 cm³/mol. The van der Waals surface area contributed by atoms with Crippen molar-refractivity contribution in [2.45, 2.75) is 76.5 Å². The average Bonchev–Trinajstić information content (AvgIpc) is 2.76. The number of aliphatic carboxylic acids is 3. The zero-order valence-electron chi connectivity index (χ0n) is 20.8. The highest BCUT2D eigenvalue weighted by Crippen LogP contribution is 2.07. The second kappa shape index (κ2) is 16.7. The lowest BCUT2D eigenvalue weighted by atomic mass is 10.0. The Morgan fingerprint density at radius 2 is 1.32 bits per heavy atom. The van der Waals surface area contributed by atoms with Gasteiger partial charge in [0, 0.05) is 13.0 Å². The van der Waals surface area contributed by atoms with Gasteiger partial charge < -0.3 is 48.5 Å². The van der Waals surface area contributed by atoms with E-state index in [0.29, 0.717) is 6.42 Å². The second-order valence-electron chi connectivity index (χ2n) is 8.74. The van der Waals surface area contributed by atoms with Crippen LogP contribution in [0.2, 0.25) is 0 Å². The van der Waals surface area contributed by atoms with Gasteiger partial charge in [0.25, 0.3) is 0 Å². The molecular formula is C21H37N7O9. The topological polar surface area (TPSA) is 290 Å². The number of nitrogens with one attached hydrogen (secondary N) is 3. The van der Waals surface area contributed by atoms with Crippen LogP contribution in [-0.2, 0) is 28.8 Å². The van der Waals surface area contributed by atoms with E-state index in [1.54, 1.807) is 0 Å². The normalized spacial score (nSPS) is 13.9. The van der Waals surface area contributed by atoms with Crippen molar-refractivity contribution in [3.8, 4) is 0 Å². The van der Waals surface area contributed by atoms with E-state index in [2.05, 4.69) is 15.6 Å². The van der Waals surface area contributed by atoms with Gasteiger partial charge in [-0.1, -0.05) is 13.8 Å². The molecule has 12 N–H and O–H groups in total. The fourth-order valence-corrected chi connectivity index (χ4v) is 3.12. The van der Waals surface area contributed by atoms with Gasteiger partial charge in [0.1, 0.15) is 18.1 Å². The minimum atomic E-state index is -1.72. The van der Waals surface area contributed by atoms with Gasteiger partial charge in [-0.05, 0) is 31.6 Å². The molecule has 4 atom stereocenters. The number of nitrogens with zero attached hydrogens (tertiary/aromatic N) is 1. The molecule has 0 aromatic heterocycles. The summed E-state index contributed by atoms with van der Waals surface area (Å²) in [6.07, 6.45) is -1.41. The summed E-state index contributed by atoms with van der Waals surface area (Å²) in [6, 6.07) is -5.54. The molecule has 16 nitrogen and oxygen atoms in total. The Kier molecular flexibility index (Phi) is 14.9. The largest absolute Gasteiger partial charge is 0.481 e. The maximum absolute atomic E-state index is 13.0. The highest BCUT2D eigenvalue weighted by molar-refractivity contribution is 5.95. The Balaban J connectivity index is 5.64. The second-order valence-corrected chi connectivity index (χ2v) is 8.74. The zero-order chi connectivity index (χ0) is 28.7. The van der Waals surface area contributed by atoms with Gasteiger partial charge in [-0.2, -0.15) is 0 Å². The summed E-state index contributed by atoms with van der Waals surface area (Å²) < 4.78 is 0. The van der Waals surface area contributed by atoms with Crippen molar-refractivity contribution in [3.63, 3.8) is 0 Å². The van der Waals surface area contributed by atoms with Crippen LogP contribution in [0.5, 0.6) is 0 Å². The number of amides is 3. The van der Waals surface area contributed by atoms with Crippen LogP contribution in [0.1, 0.15) is 52.4 Å². The third kappa shape index (κ3) is 14.9. The fraction of sp³-hybridized carbons (Fsp3) is 0.667. The molecule has 0 fully saturated rings. The number of hydrogen-bond acceptors (Lipinski definition) is 8. The van der Waals surface area contributed by atoms with Crippen molar-refractivity contribution in [2.75, 3.05) is 6.54 Å². The summed E-state index contributed by atoms with van der Waals surface area (Å²) in [5, 5.41) is 33.9. The van der Waals surface area contributed by atoms with E-state index in [-0.39, 0.29) is 31.3 Å². The molecule has 0 radical (unpaired) electrons. The maximum atomic E-state index is 13.0. The lowest BCUT2D eigenvalue weighted by Gasteiger charge is -2.24. The molecule has 0 aliphatic carbocycles. The minimum Gasteiger partial charge on any atom is -0.481 e. The van der Waals surface area contributed by atoms with E-state index in [9.17, 15) is 39.0 Å². The highest BCUT2D eigenvalue weighted by atomic mass is 16.4. The zero-order valence-corrected chi connectivity index (χ0v) is 20.8. The molecule has 0 heterocycles. The van der Waals surface area contributed by atoms with E-state index < -0.39 is 79.1 Å². The van der Waals surface area contributed by atoms with Gasteiger partial charge in [0.15, 0.2) is 5.96 Å². The summed E-state index contributed by atoms with van der Waals surface area (Å²) >= 11 is 0. The average molecular weight is 532 g/mol. The van der Waals surface area contributed by atoms with Crippen LogP contribution in [0.25, 0.3) is 0 Å². The minimum absolute atomic E-state index is 0.000521. The quantitative estimate of drug-likeness (QED) is 0.0495. The molecule has 16 heteroatoms. The van der Waals surface area contributed by atoms with Gasteiger partial charge in [-0.15, -0.1) is 0 Å². The van der Waals surface area contributed by atoms with Crippen LogP contribution in [0.4, 0.5) is 0 Å². The van der Waals surface area contributed by atoms with Crippen molar-refractivity contribution in [3.05, 3.63) is 0 Å². The standard InChI is InChI=1S/C21H37N7O9/c1-10(2)8-11(22)17(33)26-12(4-3-7-25-21(23)24)18(34)28-14(9-16(31)32)19(35)27-13(20(36)37)5-6-15(29)30/h10-14H,3-9,22H2,1-2H3,(H,26,33)(H,27,35)(H,28,34)(H,29,30)(H,31,32)(H,36,37)(H4,23,24,25). The molecule has 0 bridgehead atoms. The van der Waals surface area contributed by atoms with Crippen LogP contribution < -0.4 is 33.2 Å². The summed E-state index contributed by atoms with van der Waals surface area (Å²) in [5.41, 5.74) is 16.4. The van der Waals surface area contributed by atoms with Gasteiger partial charge in [-0.25, -0.2) is 4.79 Å². The molecule has 0 aromatic rings. The summed E-state index contributed by atoms with van der Waals surface area (Å²) in [7, 11) is 0. The van der Waals surface area contributed by atoms with Crippen molar-refractivity contribution >= 4 is 41.6 Å². The molecule has 0 saturated heterocycles. The molecule has 210 valence electrons. The lowest BCUT2D eigenvalue weighted by molar-refractivity contribution is -0.144. The number of rotatable bonds is 18. The molecule has 0 rings (SSSR count). The number of carbonyl (C=O) groups is 6. The summed E-state index contributed by atoms with van der Waals surface area (Å²) in [6.45, 7) is 3.81. The lowest BCUT2D eigenvalue weighted by Crippen LogP contribution is -2.57. The number of aliphatic imine (C=N–C) groups is 1. The number of carboxylic acids is 3.